The quantitative estimate of drug-likeness (QED) is 0.434. The highest BCUT2D eigenvalue weighted by Crippen LogP contribution is 2.38. The van der Waals surface area contributed by atoms with Crippen LogP contribution in [0.25, 0.3) is 10.8 Å². The fraction of sp³-hybridized carbons (Fsp3) is 0.292. The molecular weight excluding hydrogens is 378 g/mol. The van der Waals surface area contributed by atoms with Crippen molar-refractivity contribution in [2.75, 3.05) is 27.9 Å². The molecule has 3 aromatic rings. The van der Waals surface area contributed by atoms with Crippen molar-refractivity contribution in [1.29, 1.82) is 0 Å². The molecule has 0 aliphatic heterocycles. The van der Waals surface area contributed by atoms with E-state index < -0.39 is 0 Å². The topological polar surface area (TPSA) is 64.1 Å². The first kappa shape index (κ1) is 21.3. The van der Waals surface area contributed by atoms with Crippen LogP contribution in [0.5, 0.6) is 17.2 Å². The van der Waals surface area contributed by atoms with E-state index in [0.29, 0.717) is 30.3 Å². The molecule has 0 heterocycles. The number of nitrogens with one attached hydrogen (secondary N) is 2. The van der Waals surface area contributed by atoms with Crippen LogP contribution in [-0.2, 0) is 13.1 Å². The Morgan fingerprint density at radius 2 is 1.50 bits per heavy atom. The maximum Gasteiger partial charge on any atom is 0.203 e. The van der Waals surface area contributed by atoms with E-state index >= 15 is 0 Å². The molecule has 0 amide bonds. The number of nitrogens with zero attached hydrogens (tertiary/aromatic N) is 1. The van der Waals surface area contributed by atoms with Crippen LogP contribution >= 0.6 is 0 Å². The van der Waals surface area contributed by atoms with Crippen molar-refractivity contribution in [2.24, 2.45) is 4.99 Å². The van der Waals surface area contributed by atoms with Crippen LogP contribution in [0.15, 0.2) is 59.6 Å². The third kappa shape index (κ3) is 5.14. The van der Waals surface area contributed by atoms with Gasteiger partial charge < -0.3 is 24.8 Å². The Bertz CT molecular complexity index is 992. The number of guanidine groups is 1. The summed E-state index contributed by atoms with van der Waals surface area (Å²) in [6.07, 6.45) is 0. The number of rotatable bonds is 8. The zero-order valence-corrected chi connectivity index (χ0v) is 18.0. The van der Waals surface area contributed by atoms with E-state index in [2.05, 4.69) is 53.1 Å². The van der Waals surface area contributed by atoms with Crippen LogP contribution in [0.2, 0.25) is 0 Å². The summed E-state index contributed by atoms with van der Waals surface area (Å²) in [5, 5.41) is 9.17. The zero-order chi connectivity index (χ0) is 21.3. The van der Waals surface area contributed by atoms with Gasteiger partial charge in [-0.05, 0) is 47.0 Å². The molecule has 0 spiro atoms. The summed E-state index contributed by atoms with van der Waals surface area (Å²) in [7, 11) is 4.82. The van der Waals surface area contributed by atoms with Gasteiger partial charge in [-0.3, -0.25) is 0 Å². The highest BCUT2D eigenvalue weighted by molar-refractivity contribution is 5.83. The highest BCUT2D eigenvalue weighted by Gasteiger charge is 2.13. The van der Waals surface area contributed by atoms with Crippen molar-refractivity contribution < 1.29 is 14.2 Å². The van der Waals surface area contributed by atoms with Crippen molar-refractivity contribution in [3.05, 3.63) is 65.7 Å². The molecule has 0 aliphatic rings. The fourth-order valence-electron chi connectivity index (χ4n) is 3.27. The first-order chi connectivity index (χ1) is 14.7. The molecule has 0 saturated heterocycles. The molecule has 0 aromatic heterocycles. The Balaban J connectivity index is 1.73. The number of methoxy groups -OCH3 is 3. The van der Waals surface area contributed by atoms with Gasteiger partial charge in [0.1, 0.15) is 0 Å². The molecule has 6 heteroatoms. The van der Waals surface area contributed by atoms with Crippen molar-refractivity contribution in [2.45, 2.75) is 20.0 Å². The van der Waals surface area contributed by atoms with Crippen molar-refractivity contribution in [3.63, 3.8) is 0 Å². The maximum atomic E-state index is 5.43. The van der Waals surface area contributed by atoms with E-state index in [1.165, 1.54) is 16.3 Å². The summed E-state index contributed by atoms with van der Waals surface area (Å²) in [4.78, 5) is 4.71. The number of fused-ring (bicyclic) bond motifs is 1. The Kier molecular flexibility index (Phi) is 7.38. The lowest BCUT2D eigenvalue weighted by Crippen LogP contribution is -2.36. The fourth-order valence-corrected chi connectivity index (χ4v) is 3.27. The van der Waals surface area contributed by atoms with Gasteiger partial charge in [-0.1, -0.05) is 36.4 Å². The lowest BCUT2D eigenvalue weighted by molar-refractivity contribution is 0.324. The standard InChI is InChI=1S/C24H29N3O3/c1-5-25-24(26-15-17-10-11-19-8-6-7-9-20(19)12-17)27-16-18-13-21(28-2)23(30-4)22(14-18)29-3/h6-14H,5,15-16H2,1-4H3,(H2,25,26,27). The van der Waals surface area contributed by atoms with E-state index in [4.69, 9.17) is 19.2 Å². The van der Waals surface area contributed by atoms with Crippen LogP contribution in [0.1, 0.15) is 18.1 Å². The van der Waals surface area contributed by atoms with E-state index in [1.54, 1.807) is 21.3 Å². The number of hydrogen-bond acceptors (Lipinski definition) is 4. The number of hydrogen-bond donors (Lipinski definition) is 2. The van der Waals surface area contributed by atoms with Crippen LogP contribution in [0.3, 0.4) is 0 Å². The Hall–Kier alpha value is -3.41. The molecule has 2 N–H and O–H groups in total. The molecule has 0 fully saturated rings. The van der Waals surface area contributed by atoms with Crippen LogP contribution in [0.4, 0.5) is 0 Å². The first-order valence-corrected chi connectivity index (χ1v) is 9.97. The predicted octanol–water partition coefficient (Wildman–Crippen LogP) is 4.12. The van der Waals surface area contributed by atoms with Crippen LogP contribution < -0.4 is 24.8 Å². The first-order valence-electron chi connectivity index (χ1n) is 9.97. The second-order valence-corrected chi connectivity index (χ2v) is 6.76. The van der Waals surface area contributed by atoms with Gasteiger partial charge in [0.05, 0.1) is 27.9 Å². The Morgan fingerprint density at radius 3 is 2.13 bits per heavy atom. The molecule has 0 aliphatic carbocycles. The van der Waals surface area contributed by atoms with Gasteiger partial charge in [-0.2, -0.15) is 0 Å². The Morgan fingerprint density at radius 1 is 0.800 bits per heavy atom. The average molecular weight is 408 g/mol. The van der Waals surface area contributed by atoms with E-state index in [9.17, 15) is 0 Å². The maximum absolute atomic E-state index is 5.43. The van der Waals surface area contributed by atoms with Gasteiger partial charge in [0.2, 0.25) is 5.75 Å². The van der Waals surface area contributed by atoms with E-state index in [-0.39, 0.29) is 0 Å². The molecule has 0 bridgehead atoms. The second-order valence-electron chi connectivity index (χ2n) is 6.76. The molecule has 3 rings (SSSR count). The van der Waals surface area contributed by atoms with Crippen LogP contribution in [-0.4, -0.2) is 33.8 Å². The predicted molar refractivity (Wildman–Crippen MR) is 122 cm³/mol. The van der Waals surface area contributed by atoms with Crippen molar-refractivity contribution in [3.8, 4) is 17.2 Å². The summed E-state index contributed by atoms with van der Waals surface area (Å²) in [6.45, 7) is 3.99. The molecule has 0 saturated carbocycles. The third-order valence-corrected chi connectivity index (χ3v) is 4.76. The van der Waals surface area contributed by atoms with Gasteiger partial charge in [0.15, 0.2) is 17.5 Å². The zero-order valence-electron chi connectivity index (χ0n) is 18.0. The molecule has 6 nitrogen and oxygen atoms in total. The number of aliphatic imine (C=N–C) groups is 1. The number of ether oxygens (including phenoxy) is 3. The summed E-state index contributed by atoms with van der Waals surface area (Å²) in [6, 6.07) is 18.7. The SMILES string of the molecule is CCNC(=NCc1cc(OC)c(OC)c(OC)c1)NCc1ccc2ccccc2c1. The lowest BCUT2D eigenvalue weighted by Gasteiger charge is -2.14. The largest absolute Gasteiger partial charge is 0.493 e. The van der Waals surface area contributed by atoms with Gasteiger partial charge >= 0.3 is 0 Å². The molecule has 3 aromatic carbocycles. The van der Waals surface area contributed by atoms with E-state index in [1.807, 2.05) is 19.1 Å². The normalized spacial score (nSPS) is 11.3. The average Bonchev–Trinajstić information content (AvgIpc) is 2.79. The molecule has 30 heavy (non-hydrogen) atoms. The third-order valence-electron chi connectivity index (χ3n) is 4.76. The smallest absolute Gasteiger partial charge is 0.203 e. The number of benzene rings is 3. The van der Waals surface area contributed by atoms with Gasteiger partial charge in [0, 0.05) is 13.1 Å². The monoisotopic (exact) mass is 407 g/mol. The minimum Gasteiger partial charge on any atom is -0.493 e. The molecule has 158 valence electrons. The summed E-state index contributed by atoms with van der Waals surface area (Å²) in [5.41, 5.74) is 2.17. The minimum absolute atomic E-state index is 0.476. The second kappa shape index (κ2) is 10.4. The van der Waals surface area contributed by atoms with E-state index in [0.717, 1.165) is 18.1 Å². The van der Waals surface area contributed by atoms with Crippen LogP contribution in [0, 0.1) is 0 Å². The lowest BCUT2D eigenvalue weighted by atomic mass is 10.1. The Labute approximate surface area is 177 Å². The molecular formula is C24H29N3O3. The highest BCUT2D eigenvalue weighted by atomic mass is 16.5. The summed E-state index contributed by atoms with van der Waals surface area (Å²) in [5.74, 6) is 2.57. The molecule has 0 atom stereocenters. The van der Waals surface area contributed by atoms with Gasteiger partial charge in [-0.15, -0.1) is 0 Å². The molecule has 0 unspecified atom stereocenters. The van der Waals surface area contributed by atoms with Gasteiger partial charge in [0.25, 0.3) is 0 Å². The summed E-state index contributed by atoms with van der Waals surface area (Å²) >= 11 is 0. The molecule has 0 radical (unpaired) electrons. The van der Waals surface area contributed by atoms with Crippen molar-refractivity contribution >= 4 is 16.7 Å². The van der Waals surface area contributed by atoms with Gasteiger partial charge in [-0.25, -0.2) is 4.99 Å². The minimum atomic E-state index is 0.476. The summed E-state index contributed by atoms with van der Waals surface area (Å²) < 4.78 is 16.2. The van der Waals surface area contributed by atoms with Crippen molar-refractivity contribution in [1.82, 2.24) is 10.6 Å².